The van der Waals surface area contributed by atoms with Crippen molar-refractivity contribution in [3.63, 3.8) is 0 Å². The maximum atomic E-state index is 12.9. The van der Waals surface area contributed by atoms with Gasteiger partial charge in [-0.05, 0) is 38.3 Å². The van der Waals surface area contributed by atoms with Crippen molar-refractivity contribution in [1.29, 1.82) is 0 Å². The topological polar surface area (TPSA) is 64.7 Å². The van der Waals surface area contributed by atoms with Gasteiger partial charge in [0.25, 0.3) is 0 Å². The minimum Gasteiger partial charge on any atom is -0.354 e. The molecule has 160 valence electrons. The summed E-state index contributed by atoms with van der Waals surface area (Å²) in [6, 6.07) is 1.91. The number of carbonyl (C=O) groups is 1. The number of carbonyl (C=O) groups excluding carboxylic acids is 1. The molecular weight excluding hydrogens is 404 g/mol. The fourth-order valence-electron chi connectivity index (χ4n) is 2.93. The molecule has 2 aromatic heterocycles. The standard InChI is InChI=1S/C17H19F6N5O/c1-10-7-13(16(18,19)20)25-27(10)6-2-5-24-15(29)9-28-12(11-3-4-11)8-14(26-28)17(21,22)23/h7-8,11H,2-6,9H2,1H3,(H,24,29). The highest BCUT2D eigenvalue weighted by Gasteiger charge is 2.38. The zero-order valence-electron chi connectivity index (χ0n) is 15.4. The Bertz CT molecular complexity index is 878. The molecule has 0 radical (unpaired) electrons. The SMILES string of the molecule is Cc1cc(C(F)(F)F)nn1CCCNC(=O)Cn1nc(C(F)(F)F)cc1C1CC1. The molecule has 0 spiro atoms. The lowest BCUT2D eigenvalue weighted by molar-refractivity contribution is -0.142. The number of hydrogen-bond donors (Lipinski definition) is 1. The highest BCUT2D eigenvalue weighted by atomic mass is 19.4. The predicted molar refractivity (Wildman–Crippen MR) is 88.8 cm³/mol. The van der Waals surface area contributed by atoms with E-state index in [1.54, 1.807) is 0 Å². The average Bonchev–Trinajstić information content (AvgIpc) is 3.23. The van der Waals surface area contributed by atoms with Crippen molar-refractivity contribution < 1.29 is 31.1 Å². The number of alkyl halides is 6. The summed E-state index contributed by atoms with van der Waals surface area (Å²) in [4.78, 5) is 12.1. The van der Waals surface area contributed by atoms with Crippen LogP contribution >= 0.6 is 0 Å². The first-order valence-electron chi connectivity index (χ1n) is 8.98. The zero-order chi connectivity index (χ0) is 21.4. The highest BCUT2D eigenvalue weighted by Crippen LogP contribution is 2.42. The van der Waals surface area contributed by atoms with Crippen LogP contribution in [0.15, 0.2) is 12.1 Å². The fraction of sp³-hybridized carbons (Fsp3) is 0.588. The Morgan fingerprint density at radius 2 is 1.66 bits per heavy atom. The molecule has 3 rings (SSSR count). The van der Waals surface area contributed by atoms with Crippen molar-refractivity contribution in [2.75, 3.05) is 6.54 Å². The van der Waals surface area contributed by atoms with Crippen LogP contribution in [0.25, 0.3) is 0 Å². The van der Waals surface area contributed by atoms with E-state index in [0.29, 0.717) is 17.8 Å². The molecule has 0 bridgehead atoms. The molecule has 6 nitrogen and oxygen atoms in total. The van der Waals surface area contributed by atoms with E-state index >= 15 is 0 Å². The first-order valence-corrected chi connectivity index (χ1v) is 8.98. The molecule has 1 fully saturated rings. The summed E-state index contributed by atoms with van der Waals surface area (Å²) < 4.78 is 78.8. The highest BCUT2D eigenvalue weighted by molar-refractivity contribution is 5.75. The van der Waals surface area contributed by atoms with Gasteiger partial charge in [-0.25, -0.2) is 0 Å². The number of hydrogen-bond acceptors (Lipinski definition) is 3. The van der Waals surface area contributed by atoms with Crippen molar-refractivity contribution in [3.05, 3.63) is 34.9 Å². The third-order valence-corrected chi connectivity index (χ3v) is 4.53. The monoisotopic (exact) mass is 423 g/mol. The Labute approximate surface area is 161 Å². The van der Waals surface area contributed by atoms with Gasteiger partial charge in [-0.1, -0.05) is 0 Å². The van der Waals surface area contributed by atoms with Gasteiger partial charge in [0, 0.05) is 30.4 Å². The molecule has 1 aliphatic carbocycles. The molecule has 0 atom stereocenters. The van der Waals surface area contributed by atoms with Crippen molar-refractivity contribution in [2.45, 2.75) is 57.5 Å². The molecular formula is C17H19F6N5O. The number of amides is 1. The summed E-state index contributed by atoms with van der Waals surface area (Å²) in [6.45, 7) is 1.46. The van der Waals surface area contributed by atoms with E-state index in [0.717, 1.165) is 29.7 Å². The van der Waals surface area contributed by atoms with Crippen LogP contribution in [0.3, 0.4) is 0 Å². The molecule has 0 saturated heterocycles. The molecule has 1 N–H and O–H groups in total. The Hall–Kier alpha value is -2.53. The molecule has 2 heterocycles. The lowest BCUT2D eigenvalue weighted by Crippen LogP contribution is -2.30. The number of rotatable bonds is 7. The largest absolute Gasteiger partial charge is 0.435 e. The number of aromatic nitrogens is 4. The molecule has 29 heavy (non-hydrogen) atoms. The predicted octanol–water partition coefficient (Wildman–Crippen LogP) is 3.51. The number of nitrogens with one attached hydrogen (secondary N) is 1. The van der Waals surface area contributed by atoms with Gasteiger partial charge in [0.2, 0.25) is 5.91 Å². The summed E-state index contributed by atoms with van der Waals surface area (Å²) in [5, 5.41) is 9.54. The maximum Gasteiger partial charge on any atom is 0.435 e. The van der Waals surface area contributed by atoms with E-state index in [-0.39, 0.29) is 25.6 Å². The molecule has 1 aliphatic rings. The lowest BCUT2D eigenvalue weighted by atomic mass is 10.2. The average molecular weight is 423 g/mol. The second kappa shape index (κ2) is 7.71. The quantitative estimate of drug-likeness (QED) is 0.548. The van der Waals surface area contributed by atoms with Crippen LogP contribution in [0.2, 0.25) is 0 Å². The van der Waals surface area contributed by atoms with Gasteiger partial charge in [0.15, 0.2) is 11.4 Å². The molecule has 2 aromatic rings. The van der Waals surface area contributed by atoms with Crippen molar-refractivity contribution in [3.8, 4) is 0 Å². The van der Waals surface area contributed by atoms with Crippen molar-refractivity contribution in [2.24, 2.45) is 0 Å². The van der Waals surface area contributed by atoms with Crippen LogP contribution in [-0.4, -0.2) is 32.0 Å². The van der Waals surface area contributed by atoms with Crippen LogP contribution in [0.1, 0.15) is 48.0 Å². The van der Waals surface area contributed by atoms with Gasteiger partial charge >= 0.3 is 12.4 Å². The van der Waals surface area contributed by atoms with E-state index in [1.807, 2.05) is 0 Å². The minimum absolute atomic E-state index is 0.0166. The Morgan fingerprint density at radius 3 is 2.21 bits per heavy atom. The molecule has 1 saturated carbocycles. The van der Waals surface area contributed by atoms with E-state index in [9.17, 15) is 31.1 Å². The van der Waals surface area contributed by atoms with E-state index < -0.39 is 29.6 Å². The molecule has 0 unspecified atom stereocenters. The second-order valence-electron chi connectivity index (χ2n) is 6.98. The zero-order valence-corrected chi connectivity index (χ0v) is 15.4. The van der Waals surface area contributed by atoms with Crippen molar-refractivity contribution >= 4 is 5.91 Å². The van der Waals surface area contributed by atoms with Gasteiger partial charge in [-0.3, -0.25) is 14.2 Å². The van der Waals surface area contributed by atoms with Gasteiger partial charge in [0.05, 0.1) is 0 Å². The molecule has 12 heteroatoms. The van der Waals surface area contributed by atoms with E-state index in [1.165, 1.54) is 11.6 Å². The first-order chi connectivity index (χ1) is 13.4. The van der Waals surface area contributed by atoms with Crippen LogP contribution in [0.4, 0.5) is 26.3 Å². The molecule has 0 aliphatic heterocycles. The summed E-state index contributed by atoms with van der Waals surface area (Å²) >= 11 is 0. The second-order valence-corrected chi connectivity index (χ2v) is 6.98. The summed E-state index contributed by atoms with van der Waals surface area (Å²) in [5.41, 5.74) is -1.28. The summed E-state index contributed by atoms with van der Waals surface area (Å²) in [5.74, 6) is -0.533. The molecule has 1 amide bonds. The van der Waals surface area contributed by atoms with Gasteiger partial charge < -0.3 is 5.32 Å². The van der Waals surface area contributed by atoms with E-state index in [2.05, 4.69) is 15.5 Å². The normalized spacial score (nSPS) is 15.0. The van der Waals surface area contributed by atoms with Crippen LogP contribution in [0.5, 0.6) is 0 Å². The number of halogens is 6. The summed E-state index contributed by atoms with van der Waals surface area (Å²) in [7, 11) is 0. The fourth-order valence-corrected chi connectivity index (χ4v) is 2.93. The third-order valence-electron chi connectivity index (χ3n) is 4.53. The summed E-state index contributed by atoms with van der Waals surface area (Å²) in [6.07, 6.45) is -7.28. The third kappa shape index (κ3) is 5.30. The van der Waals surface area contributed by atoms with Gasteiger partial charge in [-0.2, -0.15) is 36.5 Å². The van der Waals surface area contributed by atoms with Crippen LogP contribution in [-0.2, 0) is 30.2 Å². The smallest absolute Gasteiger partial charge is 0.354 e. The number of aryl methyl sites for hydroxylation is 2. The Kier molecular flexibility index (Phi) is 5.63. The van der Waals surface area contributed by atoms with E-state index in [4.69, 9.17) is 0 Å². The number of nitrogens with zero attached hydrogens (tertiary/aromatic N) is 4. The van der Waals surface area contributed by atoms with Gasteiger partial charge in [0.1, 0.15) is 6.54 Å². The van der Waals surface area contributed by atoms with Crippen molar-refractivity contribution in [1.82, 2.24) is 24.9 Å². The van der Waals surface area contributed by atoms with Crippen LogP contribution in [0, 0.1) is 6.92 Å². The maximum absolute atomic E-state index is 12.9. The first kappa shape index (κ1) is 21.2. The Balaban J connectivity index is 1.51. The van der Waals surface area contributed by atoms with Gasteiger partial charge in [-0.15, -0.1) is 0 Å². The minimum atomic E-state index is -4.58. The lowest BCUT2D eigenvalue weighted by Gasteiger charge is -2.09. The Morgan fingerprint density at radius 1 is 1.07 bits per heavy atom. The van der Waals surface area contributed by atoms with Crippen LogP contribution < -0.4 is 5.32 Å². The molecule has 0 aromatic carbocycles.